The first-order chi connectivity index (χ1) is 13.5. The largest absolute Gasteiger partial charge is 0.235 e. The third kappa shape index (κ3) is 3.85. The third-order valence-corrected chi connectivity index (χ3v) is 5.96. The first kappa shape index (κ1) is 18.8. The van der Waals surface area contributed by atoms with Crippen molar-refractivity contribution in [3.63, 3.8) is 0 Å². The number of fused-ring (bicyclic) bond motifs is 1. The van der Waals surface area contributed by atoms with Crippen LogP contribution in [-0.4, -0.2) is 9.97 Å². The summed E-state index contributed by atoms with van der Waals surface area (Å²) in [6.07, 6.45) is 1.75. The fraction of sp³-hybridized carbons (Fsp3) is 0.0455. The van der Waals surface area contributed by atoms with Crippen molar-refractivity contribution in [2.24, 2.45) is 0 Å². The maximum atomic E-state index is 9.68. The third-order valence-electron chi connectivity index (χ3n) is 4.25. The van der Waals surface area contributed by atoms with E-state index in [0.717, 1.165) is 32.2 Å². The zero-order valence-electron chi connectivity index (χ0n) is 14.8. The topological polar surface area (TPSA) is 49.6 Å². The van der Waals surface area contributed by atoms with E-state index < -0.39 is 0 Å². The predicted molar refractivity (Wildman–Crippen MR) is 120 cm³/mol. The lowest BCUT2D eigenvalue weighted by Gasteiger charge is -2.04. The SMILES string of the molecule is Cc1ccc2cc(/C=C(\C#N)c3nc(-c4ccc(Br)cc4)cs3)c(Cl)nc2c1. The molecule has 0 radical (unpaired) electrons. The minimum absolute atomic E-state index is 0.371. The van der Waals surface area contributed by atoms with Gasteiger partial charge < -0.3 is 0 Å². The highest BCUT2D eigenvalue weighted by molar-refractivity contribution is 9.10. The molecule has 2 heterocycles. The molecular formula is C22H13BrClN3S. The molecule has 0 spiro atoms. The van der Waals surface area contributed by atoms with E-state index in [4.69, 9.17) is 11.6 Å². The molecule has 0 bridgehead atoms. The van der Waals surface area contributed by atoms with Crippen molar-refractivity contribution in [1.82, 2.24) is 9.97 Å². The van der Waals surface area contributed by atoms with Crippen LogP contribution < -0.4 is 0 Å². The second-order valence-electron chi connectivity index (χ2n) is 6.28. The van der Waals surface area contributed by atoms with Gasteiger partial charge in [0, 0.05) is 26.4 Å². The molecule has 0 fully saturated rings. The smallest absolute Gasteiger partial charge is 0.137 e. The number of nitriles is 1. The van der Waals surface area contributed by atoms with Gasteiger partial charge in [0.05, 0.1) is 16.8 Å². The summed E-state index contributed by atoms with van der Waals surface area (Å²) in [4.78, 5) is 9.10. The van der Waals surface area contributed by atoms with Gasteiger partial charge in [-0.1, -0.05) is 51.8 Å². The van der Waals surface area contributed by atoms with Gasteiger partial charge >= 0.3 is 0 Å². The van der Waals surface area contributed by atoms with Crippen LogP contribution in [0, 0.1) is 18.3 Å². The fourth-order valence-corrected chi connectivity index (χ4v) is 4.08. The summed E-state index contributed by atoms with van der Waals surface area (Å²) in [7, 11) is 0. The number of aryl methyl sites for hydroxylation is 1. The van der Waals surface area contributed by atoms with E-state index >= 15 is 0 Å². The fourth-order valence-electron chi connectivity index (χ4n) is 2.82. The Morgan fingerprint density at radius 1 is 1.14 bits per heavy atom. The van der Waals surface area contributed by atoms with Gasteiger partial charge in [-0.3, -0.25) is 0 Å². The number of allylic oxidation sites excluding steroid dienone is 1. The van der Waals surface area contributed by atoms with Gasteiger partial charge in [0.1, 0.15) is 16.2 Å². The number of rotatable bonds is 3. The van der Waals surface area contributed by atoms with Gasteiger partial charge in [-0.05, 0) is 42.8 Å². The van der Waals surface area contributed by atoms with Crippen molar-refractivity contribution in [2.75, 3.05) is 0 Å². The molecule has 0 saturated carbocycles. The second-order valence-corrected chi connectivity index (χ2v) is 8.41. The molecule has 0 aliphatic heterocycles. The molecule has 136 valence electrons. The van der Waals surface area contributed by atoms with Crippen LogP contribution in [0.1, 0.15) is 16.1 Å². The van der Waals surface area contributed by atoms with E-state index in [1.54, 1.807) is 6.08 Å². The van der Waals surface area contributed by atoms with Gasteiger partial charge in [0.15, 0.2) is 0 Å². The monoisotopic (exact) mass is 465 g/mol. The molecule has 28 heavy (non-hydrogen) atoms. The van der Waals surface area contributed by atoms with Crippen LogP contribution in [0.4, 0.5) is 0 Å². The van der Waals surface area contributed by atoms with E-state index in [1.807, 2.05) is 60.8 Å². The average Bonchev–Trinajstić information content (AvgIpc) is 3.17. The van der Waals surface area contributed by atoms with Gasteiger partial charge in [-0.25, -0.2) is 9.97 Å². The summed E-state index contributed by atoms with van der Waals surface area (Å²) in [6, 6.07) is 18.1. The number of hydrogen-bond acceptors (Lipinski definition) is 4. The molecule has 4 rings (SSSR count). The van der Waals surface area contributed by atoms with Crippen molar-refractivity contribution >= 4 is 61.4 Å². The number of benzene rings is 2. The molecule has 0 aliphatic rings. The molecule has 0 aliphatic carbocycles. The van der Waals surface area contributed by atoms with Gasteiger partial charge in [0.2, 0.25) is 0 Å². The lowest BCUT2D eigenvalue weighted by atomic mass is 10.1. The molecule has 2 aromatic carbocycles. The zero-order valence-corrected chi connectivity index (χ0v) is 17.9. The van der Waals surface area contributed by atoms with Crippen LogP contribution in [0.15, 0.2) is 58.4 Å². The Bertz CT molecular complexity index is 1250. The Hall–Kier alpha value is -2.52. The second kappa shape index (κ2) is 7.84. The molecule has 0 N–H and O–H groups in total. The highest BCUT2D eigenvalue weighted by Crippen LogP contribution is 2.30. The van der Waals surface area contributed by atoms with Gasteiger partial charge in [-0.15, -0.1) is 11.3 Å². The van der Waals surface area contributed by atoms with Crippen molar-refractivity contribution < 1.29 is 0 Å². The Balaban J connectivity index is 1.73. The summed E-state index contributed by atoms with van der Waals surface area (Å²) >= 11 is 11.2. The predicted octanol–water partition coefficient (Wildman–Crippen LogP) is 7.15. The number of pyridine rings is 1. The Morgan fingerprint density at radius 2 is 1.93 bits per heavy atom. The molecule has 0 amide bonds. The molecule has 0 unspecified atom stereocenters. The van der Waals surface area contributed by atoms with E-state index in [2.05, 4.69) is 32.0 Å². The Morgan fingerprint density at radius 3 is 2.68 bits per heavy atom. The van der Waals surface area contributed by atoms with Crippen LogP contribution in [0.2, 0.25) is 5.15 Å². The van der Waals surface area contributed by atoms with Gasteiger partial charge in [0.25, 0.3) is 0 Å². The molecule has 0 atom stereocenters. The zero-order chi connectivity index (χ0) is 19.7. The molecule has 3 nitrogen and oxygen atoms in total. The highest BCUT2D eigenvalue weighted by atomic mass is 79.9. The minimum Gasteiger partial charge on any atom is -0.235 e. The molecule has 0 saturated heterocycles. The van der Waals surface area contributed by atoms with E-state index in [0.29, 0.717) is 21.3 Å². The lowest BCUT2D eigenvalue weighted by Crippen LogP contribution is -1.88. The number of aromatic nitrogens is 2. The average molecular weight is 467 g/mol. The van der Waals surface area contributed by atoms with E-state index in [1.165, 1.54) is 11.3 Å². The molecule has 2 aromatic heterocycles. The van der Waals surface area contributed by atoms with Crippen LogP contribution in [0.5, 0.6) is 0 Å². The van der Waals surface area contributed by atoms with Crippen molar-refractivity contribution in [1.29, 1.82) is 5.26 Å². The standard InChI is InChI=1S/C22H13BrClN3S/c1-13-2-3-15-9-16(21(24)26-19(15)8-13)10-17(11-25)22-27-20(12-28-22)14-4-6-18(23)7-5-14/h2-10,12H,1H3/b17-10+. The molecule has 6 heteroatoms. The number of thiazole rings is 1. The van der Waals surface area contributed by atoms with Crippen molar-refractivity contribution in [3.05, 3.63) is 79.7 Å². The first-order valence-corrected chi connectivity index (χ1v) is 10.5. The Labute approximate surface area is 180 Å². The maximum Gasteiger partial charge on any atom is 0.137 e. The summed E-state index contributed by atoms with van der Waals surface area (Å²) in [5.41, 5.74) is 4.97. The van der Waals surface area contributed by atoms with E-state index in [-0.39, 0.29) is 0 Å². The maximum absolute atomic E-state index is 9.68. The minimum atomic E-state index is 0.371. The van der Waals surface area contributed by atoms with Crippen molar-refractivity contribution in [3.8, 4) is 17.3 Å². The van der Waals surface area contributed by atoms with Gasteiger partial charge in [-0.2, -0.15) is 5.26 Å². The summed E-state index contributed by atoms with van der Waals surface area (Å²) < 4.78 is 1.01. The van der Waals surface area contributed by atoms with Crippen LogP contribution in [0.25, 0.3) is 33.8 Å². The molecular weight excluding hydrogens is 454 g/mol. The van der Waals surface area contributed by atoms with Crippen LogP contribution >= 0.6 is 38.9 Å². The number of halogens is 2. The lowest BCUT2D eigenvalue weighted by molar-refractivity contribution is 1.36. The normalized spacial score (nSPS) is 11.6. The quantitative estimate of drug-likeness (QED) is 0.238. The summed E-state index contributed by atoms with van der Waals surface area (Å²) in [6.45, 7) is 2.02. The highest BCUT2D eigenvalue weighted by Gasteiger charge is 2.11. The van der Waals surface area contributed by atoms with Crippen LogP contribution in [0.3, 0.4) is 0 Å². The summed E-state index contributed by atoms with van der Waals surface area (Å²) in [5.74, 6) is 0. The summed E-state index contributed by atoms with van der Waals surface area (Å²) in [5, 5.41) is 13.6. The Kier molecular flexibility index (Phi) is 5.27. The number of nitrogens with zero attached hydrogens (tertiary/aromatic N) is 3. The molecule has 4 aromatic rings. The van der Waals surface area contributed by atoms with E-state index in [9.17, 15) is 5.26 Å². The number of hydrogen-bond donors (Lipinski definition) is 0. The van der Waals surface area contributed by atoms with Crippen molar-refractivity contribution in [2.45, 2.75) is 6.92 Å². The first-order valence-electron chi connectivity index (χ1n) is 8.44. The van der Waals surface area contributed by atoms with Crippen LogP contribution in [-0.2, 0) is 0 Å².